The number of urea groups is 1. The average Bonchev–Trinajstić information content (AvgIpc) is 3.11. The highest BCUT2D eigenvalue weighted by atomic mass is 16.6. The van der Waals surface area contributed by atoms with Gasteiger partial charge in [0, 0.05) is 62.7 Å². The van der Waals surface area contributed by atoms with Crippen LogP contribution in [0.25, 0.3) is 0 Å². The molecular weight excluding hydrogens is 696 g/mol. The van der Waals surface area contributed by atoms with Crippen molar-refractivity contribution in [1.82, 2.24) is 31.1 Å². The molecule has 2 rings (SSSR count). The fraction of sp³-hybridized carbons (Fsp3) is 0.658. The standard InChI is InChI=1S/C38H62N8O8/c1-23(2)32(44-31(47)16-15-29(41-26(7)8)33(48)24(3)4)35(50)43-30(10-9-17-40-37(39)52)34(49)42-28-13-11-27(12-14-28)22-54-38(53)46-20-18-45(19-21-46)36(51)25(5)6/h11-14,23-26,29-30,32,41H,9-10,15-22H2,1-8H3,(H,42,49)(H,43,50)(H,44,47)(H3,39,40,52)/t29-,30-,32-/m0/s1. The molecule has 0 aromatic heterocycles. The molecule has 0 saturated carbocycles. The van der Waals surface area contributed by atoms with Crippen LogP contribution in [-0.4, -0.2) is 108 Å². The van der Waals surface area contributed by atoms with Crippen molar-refractivity contribution >= 4 is 47.2 Å². The van der Waals surface area contributed by atoms with Crippen LogP contribution in [0.5, 0.6) is 0 Å². The Kier molecular flexibility index (Phi) is 18.9. The fourth-order valence-corrected chi connectivity index (χ4v) is 5.84. The Labute approximate surface area is 319 Å². The zero-order valence-electron chi connectivity index (χ0n) is 33.2. The van der Waals surface area contributed by atoms with Gasteiger partial charge in [0.05, 0.1) is 6.04 Å². The number of carbonyl (C=O) groups is 7. The molecule has 3 atom stereocenters. The largest absolute Gasteiger partial charge is 0.445 e. The van der Waals surface area contributed by atoms with Gasteiger partial charge in [0.1, 0.15) is 18.7 Å². The second-order valence-electron chi connectivity index (χ2n) is 15.0. The van der Waals surface area contributed by atoms with E-state index < -0.39 is 48.0 Å². The van der Waals surface area contributed by atoms with Gasteiger partial charge in [0.15, 0.2) is 5.78 Å². The number of primary amides is 1. The van der Waals surface area contributed by atoms with Crippen molar-refractivity contribution < 1.29 is 38.3 Å². The second kappa shape index (κ2) is 22.5. The van der Waals surface area contributed by atoms with Crippen LogP contribution >= 0.6 is 0 Å². The van der Waals surface area contributed by atoms with Crippen LogP contribution in [0, 0.1) is 17.8 Å². The third-order valence-corrected chi connectivity index (χ3v) is 8.90. The van der Waals surface area contributed by atoms with E-state index in [0.29, 0.717) is 43.9 Å². The summed E-state index contributed by atoms with van der Waals surface area (Å²) in [6.45, 7) is 16.6. The van der Waals surface area contributed by atoms with Crippen molar-refractivity contribution in [2.24, 2.45) is 23.5 Å². The third kappa shape index (κ3) is 15.7. The van der Waals surface area contributed by atoms with E-state index in [9.17, 15) is 33.6 Å². The molecule has 1 aliphatic heterocycles. The van der Waals surface area contributed by atoms with Crippen molar-refractivity contribution in [3.8, 4) is 0 Å². The van der Waals surface area contributed by atoms with Gasteiger partial charge in [-0.2, -0.15) is 0 Å². The summed E-state index contributed by atoms with van der Waals surface area (Å²) < 4.78 is 5.48. The Morgan fingerprint density at radius 1 is 0.759 bits per heavy atom. The molecule has 16 heteroatoms. The second-order valence-corrected chi connectivity index (χ2v) is 15.0. The Morgan fingerprint density at radius 3 is 1.91 bits per heavy atom. The van der Waals surface area contributed by atoms with E-state index in [1.54, 1.807) is 47.9 Å². The minimum absolute atomic E-state index is 0.00883. The van der Waals surface area contributed by atoms with Crippen molar-refractivity contribution in [2.75, 3.05) is 38.0 Å². The minimum atomic E-state index is -1.02. The van der Waals surface area contributed by atoms with Crippen LogP contribution in [0.4, 0.5) is 15.3 Å². The molecule has 1 aliphatic rings. The number of piperazine rings is 1. The highest BCUT2D eigenvalue weighted by Gasteiger charge is 2.30. The number of Topliss-reactive ketones (excluding diaryl/α,β-unsaturated/α-hetero) is 1. The molecular formula is C38H62N8O8. The first-order valence-electron chi connectivity index (χ1n) is 18.9. The zero-order chi connectivity index (χ0) is 40.5. The topological polar surface area (TPSA) is 221 Å². The average molecular weight is 759 g/mol. The maximum Gasteiger partial charge on any atom is 0.410 e. The van der Waals surface area contributed by atoms with Crippen molar-refractivity contribution in [1.29, 1.82) is 0 Å². The monoisotopic (exact) mass is 758 g/mol. The lowest BCUT2D eigenvalue weighted by Crippen LogP contribution is -2.54. The van der Waals surface area contributed by atoms with Gasteiger partial charge in [-0.15, -0.1) is 0 Å². The van der Waals surface area contributed by atoms with E-state index in [1.165, 1.54) is 0 Å². The molecule has 7 amide bonds. The number of ether oxygens (including phenoxy) is 1. The number of hydrogen-bond acceptors (Lipinski definition) is 9. The van der Waals surface area contributed by atoms with Gasteiger partial charge in [-0.05, 0) is 42.9 Å². The number of ketones is 1. The van der Waals surface area contributed by atoms with Gasteiger partial charge >= 0.3 is 12.1 Å². The summed E-state index contributed by atoms with van der Waals surface area (Å²) in [6, 6.07) is 3.55. The predicted molar refractivity (Wildman–Crippen MR) is 205 cm³/mol. The first-order chi connectivity index (χ1) is 25.4. The number of anilines is 1. The molecule has 1 aromatic rings. The molecule has 0 bridgehead atoms. The number of amides is 7. The number of hydrogen-bond donors (Lipinski definition) is 6. The lowest BCUT2D eigenvalue weighted by atomic mass is 9.96. The van der Waals surface area contributed by atoms with Gasteiger partial charge in [-0.1, -0.05) is 67.5 Å². The number of benzene rings is 1. The summed E-state index contributed by atoms with van der Waals surface area (Å²) in [5.74, 6) is -2.02. The summed E-state index contributed by atoms with van der Waals surface area (Å²) in [5.41, 5.74) is 6.30. The van der Waals surface area contributed by atoms with Crippen molar-refractivity contribution in [3.05, 3.63) is 29.8 Å². The molecule has 54 heavy (non-hydrogen) atoms. The van der Waals surface area contributed by atoms with E-state index in [2.05, 4.69) is 26.6 Å². The van der Waals surface area contributed by atoms with Gasteiger partial charge in [0.25, 0.3) is 0 Å². The summed E-state index contributed by atoms with van der Waals surface area (Å²) in [7, 11) is 0. The zero-order valence-corrected chi connectivity index (χ0v) is 33.2. The maximum absolute atomic E-state index is 13.5. The maximum atomic E-state index is 13.5. The van der Waals surface area contributed by atoms with Crippen LogP contribution < -0.4 is 32.3 Å². The predicted octanol–water partition coefficient (Wildman–Crippen LogP) is 2.51. The summed E-state index contributed by atoms with van der Waals surface area (Å²) in [5, 5.41) is 14.0. The lowest BCUT2D eigenvalue weighted by molar-refractivity contribution is -0.136. The molecule has 0 unspecified atom stereocenters. The van der Waals surface area contributed by atoms with Gasteiger partial charge in [-0.3, -0.25) is 24.0 Å². The van der Waals surface area contributed by atoms with E-state index in [0.717, 1.165) is 0 Å². The Morgan fingerprint density at radius 2 is 1.37 bits per heavy atom. The Balaban J connectivity index is 2.02. The minimum Gasteiger partial charge on any atom is -0.445 e. The molecule has 1 fully saturated rings. The fourth-order valence-electron chi connectivity index (χ4n) is 5.84. The molecule has 7 N–H and O–H groups in total. The van der Waals surface area contributed by atoms with Crippen molar-refractivity contribution in [3.63, 3.8) is 0 Å². The van der Waals surface area contributed by atoms with Crippen LogP contribution in [-0.2, 0) is 35.3 Å². The van der Waals surface area contributed by atoms with Crippen molar-refractivity contribution in [2.45, 2.75) is 112 Å². The molecule has 1 aromatic carbocycles. The molecule has 1 heterocycles. The molecule has 302 valence electrons. The van der Waals surface area contributed by atoms with E-state index >= 15 is 0 Å². The number of nitrogens with zero attached hydrogens (tertiary/aromatic N) is 2. The van der Waals surface area contributed by atoms with E-state index in [-0.39, 0.29) is 67.9 Å². The SMILES string of the molecule is CC(C)N[C@@H](CCC(=O)N[C@H](C(=O)N[C@@H](CCCNC(N)=O)C(=O)Nc1ccc(COC(=O)N2CCN(C(=O)C(C)C)CC2)cc1)C(C)C)C(=O)C(C)C. The number of carbonyl (C=O) groups excluding carboxylic acids is 7. The summed E-state index contributed by atoms with van der Waals surface area (Å²) >= 11 is 0. The van der Waals surface area contributed by atoms with E-state index in [1.807, 2.05) is 41.5 Å². The van der Waals surface area contributed by atoms with Gasteiger partial charge in [-0.25, -0.2) is 9.59 Å². The van der Waals surface area contributed by atoms with Gasteiger partial charge in [0.2, 0.25) is 23.6 Å². The molecule has 0 radical (unpaired) electrons. The number of nitrogens with one attached hydrogen (secondary N) is 5. The number of nitrogens with two attached hydrogens (primary N) is 1. The highest BCUT2D eigenvalue weighted by molar-refractivity contribution is 5.98. The first-order valence-corrected chi connectivity index (χ1v) is 18.9. The van der Waals surface area contributed by atoms with Crippen LogP contribution in [0.2, 0.25) is 0 Å². The molecule has 1 saturated heterocycles. The summed E-state index contributed by atoms with van der Waals surface area (Å²) in [4.78, 5) is 92.1. The molecule has 0 aliphatic carbocycles. The van der Waals surface area contributed by atoms with E-state index in [4.69, 9.17) is 10.5 Å². The Hall–Kier alpha value is -4.73. The smallest absolute Gasteiger partial charge is 0.410 e. The Bertz CT molecular complexity index is 1420. The number of rotatable bonds is 20. The lowest BCUT2D eigenvalue weighted by Gasteiger charge is -2.35. The first kappa shape index (κ1) is 45.4. The van der Waals surface area contributed by atoms with Crippen LogP contribution in [0.3, 0.4) is 0 Å². The molecule has 0 spiro atoms. The molecule has 16 nitrogen and oxygen atoms in total. The quantitative estimate of drug-likeness (QED) is 0.107. The third-order valence-electron chi connectivity index (χ3n) is 8.90. The van der Waals surface area contributed by atoms with Crippen LogP contribution in [0.1, 0.15) is 86.6 Å². The van der Waals surface area contributed by atoms with Gasteiger partial charge < -0.3 is 46.9 Å². The highest BCUT2D eigenvalue weighted by Crippen LogP contribution is 2.15. The summed E-state index contributed by atoms with van der Waals surface area (Å²) in [6.07, 6.45) is 0.296. The van der Waals surface area contributed by atoms with Crippen LogP contribution in [0.15, 0.2) is 24.3 Å². The normalized spacial score (nSPS) is 14.7.